The van der Waals surface area contributed by atoms with Crippen molar-refractivity contribution in [1.82, 2.24) is 0 Å². The van der Waals surface area contributed by atoms with E-state index in [1.165, 1.54) is 57.8 Å². The third-order valence-corrected chi connectivity index (χ3v) is 13.6. The van der Waals surface area contributed by atoms with Gasteiger partial charge in [-0.25, -0.2) is 0 Å². The van der Waals surface area contributed by atoms with Gasteiger partial charge in [-0.05, 0) is 136 Å². The van der Waals surface area contributed by atoms with E-state index in [0.717, 1.165) is 80.5 Å². The van der Waals surface area contributed by atoms with Crippen LogP contribution in [0.5, 0.6) is 0 Å². The first kappa shape index (κ1) is 40.6. The van der Waals surface area contributed by atoms with Crippen molar-refractivity contribution in [2.75, 3.05) is 0 Å². The lowest BCUT2D eigenvalue weighted by Crippen LogP contribution is -2.51. The number of hydrogen-bond acceptors (Lipinski definition) is 2. The second kappa shape index (κ2) is 20.2. The Morgan fingerprint density at radius 3 is 2.10 bits per heavy atom. The van der Waals surface area contributed by atoms with E-state index in [2.05, 4.69) is 108 Å². The largest absolute Gasteiger partial charge is 0.481 e. The summed E-state index contributed by atoms with van der Waals surface area (Å²) in [6, 6.07) is 0. The molecule has 0 aromatic heterocycles. The first-order chi connectivity index (χ1) is 24.1. The van der Waals surface area contributed by atoms with E-state index in [1.54, 1.807) is 5.57 Å². The zero-order valence-electron chi connectivity index (χ0n) is 33.0. The number of allylic oxidation sites excluding steroid dienone is 10. The van der Waals surface area contributed by atoms with E-state index in [4.69, 9.17) is 4.74 Å². The molecule has 0 spiro atoms. The molecule has 0 saturated heterocycles. The zero-order valence-corrected chi connectivity index (χ0v) is 33.0. The second-order valence-electron chi connectivity index (χ2n) is 17.5. The van der Waals surface area contributed by atoms with Crippen molar-refractivity contribution in [3.8, 4) is 0 Å². The van der Waals surface area contributed by atoms with Gasteiger partial charge in [-0.2, -0.15) is 0 Å². The number of hydrogen-bond donors (Lipinski definition) is 1. The van der Waals surface area contributed by atoms with Crippen molar-refractivity contribution in [1.29, 1.82) is 0 Å². The molecule has 280 valence electrons. The lowest BCUT2D eigenvalue weighted by atomic mass is 9.47. The Hall–Kier alpha value is -2.13. The lowest BCUT2D eigenvalue weighted by molar-refractivity contribution is -0.142. The topological polar surface area (TPSA) is 46.5 Å². The van der Waals surface area contributed by atoms with Crippen LogP contribution in [0.15, 0.2) is 72.4 Å². The standard InChI is InChI=1S/C47H74O3/c1-7-8-9-10-11-12-13-14-15-16-17-18-19-20-21-25-39(35-45(48)49)50-40-30-32-46(5)38(34-40)26-27-41-43-29-28-42(37(4)24-22-23-36(2)3)47(43,6)33-31-44(41)46/h8-9,11-12,14-15,17-18,20-21,26,36-37,39-44H,7,10,13,16,19,22-25,27-35H2,1-6H3,(H,48,49)/b9-8-,12-11-,15-14-,18-17-,21-20-/t37-,39?,40+,41+,42-,43+,44+,46+,47-/m1/s1. The summed E-state index contributed by atoms with van der Waals surface area (Å²) in [5.41, 5.74) is 2.43. The molecular formula is C47H74O3. The molecule has 0 heterocycles. The van der Waals surface area contributed by atoms with Crippen molar-refractivity contribution >= 4 is 5.97 Å². The molecule has 0 amide bonds. The minimum Gasteiger partial charge on any atom is -0.481 e. The summed E-state index contributed by atoms with van der Waals surface area (Å²) in [4.78, 5) is 11.8. The normalized spacial score (nSPS) is 32.7. The van der Waals surface area contributed by atoms with Gasteiger partial charge in [0.15, 0.2) is 0 Å². The molecule has 50 heavy (non-hydrogen) atoms. The highest BCUT2D eigenvalue weighted by Crippen LogP contribution is 2.67. The molecule has 0 radical (unpaired) electrons. The van der Waals surface area contributed by atoms with Crippen LogP contribution in [0.25, 0.3) is 0 Å². The molecule has 0 aromatic carbocycles. The van der Waals surface area contributed by atoms with Gasteiger partial charge in [0.05, 0.1) is 18.6 Å². The Kier molecular flexibility index (Phi) is 16.4. The van der Waals surface area contributed by atoms with Crippen LogP contribution in [0.2, 0.25) is 0 Å². The fourth-order valence-corrected chi connectivity index (χ4v) is 10.9. The van der Waals surface area contributed by atoms with E-state index in [1.807, 2.05) is 0 Å². The van der Waals surface area contributed by atoms with Crippen LogP contribution in [-0.4, -0.2) is 23.3 Å². The molecular weight excluding hydrogens is 613 g/mol. The van der Waals surface area contributed by atoms with Crippen molar-refractivity contribution in [2.45, 2.75) is 169 Å². The van der Waals surface area contributed by atoms with Gasteiger partial charge in [0.2, 0.25) is 0 Å². The molecule has 4 rings (SSSR count). The molecule has 1 N–H and O–H groups in total. The van der Waals surface area contributed by atoms with Crippen LogP contribution in [0.4, 0.5) is 0 Å². The summed E-state index contributed by atoms with van der Waals surface area (Å²) < 4.78 is 6.61. The van der Waals surface area contributed by atoms with Gasteiger partial charge in [0.1, 0.15) is 0 Å². The summed E-state index contributed by atoms with van der Waals surface area (Å²) in [7, 11) is 0. The minimum absolute atomic E-state index is 0.0726. The average Bonchev–Trinajstić information content (AvgIpc) is 3.43. The molecule has 9 atom stereocenters. The molecule has 3 nitrogen and oxygen atoms in total. The monoisotopic (exact) mass is 687 g/mol. The predicted molar refractivity (Wildman–Crippen MR) is 213 cm³/mol. The Morgan fingerprint density at radius 1 is 0.840 bits per heavy atom. The van der Waals surface area contributed by atoms with E-state index >= 15 is 0 Å². The first-order valence-electron chi connectivity index (χ1n) is 20.9. The van der Waals surface area contributed by atoms with Crippen LogP contribution in [0.1, 0.15) is 157 Å². The third kappa shape index (κ3) is 11.2. The van der Waals surface area contributed by atoms with Crippen LogP contribution >= 0.6 is 0 Å². The Labute approximate surface area is 307 Å². The van der Waals surface area contributed by atoms with Crippen LogP contribution < -0.4 is 0 Å². The Morgan fingerprint density at radius 2 is 1.48 bits per heavy atom. The van der Waals surface area contributed by atoms with Crippen molar-refractivity contribution in [3.05, 3.63) is 72.4 Å². The molecule has 3 fully saturated rings. The van der Waals surface area contributed by atoms with Crippen molar-refractivity contribution < 1.29 is 14.6 Å². The Balaban J connectivity index is 1.24. The second-order valence-corrected chi connectivity index (χ2v) is 17.5. The number of carboxylic acid groups (broad SMARTS) is 1. The minimum atomic E-state index is -0.767. The maximum absolute atomic E-state index is 11.8. The molecule has 4 aliphatic carbocycles. The Bertz CT molecular complexity index is 1220. The fraction of sp³-hybridized carbons (Fsp3) is 0.723. The molecule has 0 aromatic rings. The number of fused-ring (bicyclic) bond motifs is 5. The molecule has 3 saturated carbocycles. The highest BCUT2D eigenvalue weighted by atomic mass is 16.5. The van der Waals surface area contributed by atoms with Crippen LogP contribution in [0, 0.1) is 46.3 Å². The van der Waals surface area contributed by atoms with E-state index in [9.17, 15) is 9.90 Å². The highest BCUT2D eigenvalue weighted by molar-refractivity contribution is 5.67. The maximum Gasteiger partial charge on any atom is 0.305 e. The average molecular weight is 687 g/mol. The summed E-state index contributed by atoms with van der Waals surface area (Å²) in [6.45, 7) is 14.7. The maximum atomic E-state index is 11.8. The highest BCUT2D eigenvalue weighted by Gasteiger charge is 2.59. The summed E-state index contributed by atoms with van der Waals surface area (Å²) in [5, 5.41) is 9.67. The number of aliphatic carboxylic acids is 1. The summed E-state index contributed by atoms with van der Waals surface area (Å²) >= 11 is 0. The van der Waals surface area contributed by atoms with Gasteiger partial charge >= 0.3 is 5.97 Å². The van der Waals surface area contributed by atoms with Gasteiger partial charge in [0.25, 0.3) is 0 Å². The van der Waals surface area contributed by atoms with Gasteiger partial charge in [0, 0.05) is 0 Å². The summed E-state index contributed by atoms with van der Waals surface area (Å²) in [5.74, 6) is 4.32. The van der Waals surface area contributed by atoms with Gasteiger partial charge in [-0.3, -0.25) is 4.79 Å². The van der Waals surface area contributed by atoms with Gasteiger partial charge in [-0.15, -0.1) is 0 Å². The van der Waals surface area contributed by atoms with E-state index in [0.29, 0.717) is 11.8 Å². The van der Waals surface area contributed by atoms with Crippen molar-refractivity contribution in [3.63, 3.8) is 0 Å². The smallest absolute Gasteiger partial charge is 0.305 e. The number of rotatable bonds is 20. The van der Waals surface area contributed by atoms with Gasteiger partial charge in [-0.1, -0.05) is 133 Å². The van der Waals surface area contributed by atoms with Gasteiger partial charge < -0.3 is 9.84 Å². The molecule has 3 heteroatoms. The van der Waals surface area contributed by atoms with Crippen molar-refractivity contribution in [2.24, 2.45) is 46.3 Å². The molecule has 1 unspecified atom stereocenters. The van der Waals surface area contributed by atoms with E-state index < -0.39 is 5.97 Å². The third-order valence-electron chi connectivity index (χ3n) is 13.6. The fourth-order valence-electron chi connectivity index (χ4n) is 10.9. The predicted octanol–water partition coefficient (Wildman–Crippen LogP) is 13.4. The SMILES string of the molecule is CC/C=C\C/C=C\C/C=C\C/C=C\C/C=C\CC(CC(=O)O)O[C@H]1CC[C@@]2(C)C(=CC[C@H]3[C@@H]4CC[C@H]([C@H](C)CCCC(C)C)[C@@]4(C)CC[C@@H]32)C1. The van der Waals surface area contributed by atoms with E-state index in [-0.39, 0.29) is 24.0 Å². The van der Waals surface area contributed by atoms with Crippen LogP contribution in [0.3, 0.4) is 0 Å². The quantitative estimate of drug-likeness (QED) is 0.130. The van der Waals surface area contributed by atoms with Crippen LogP contribution in [-0.2, 0) is 9.53 Å². The first-order valence-corrected chi connectivity index (χ1v) is 20.9. The lowest BCUT2D eigenvalue weighted by Gasteiger charge is -2.58. The molecule has 4 aliphatic rings. The molecule has 0 aliphatic heterocycles. The number of ether oxygens (including phenoxy) is 1. The molecule has 0 bridgehead atoms. The zero-order chi connectivity index (χ0) is 36.0. The number of carbonyl (C=O) groups is 1. The summed E-state index contributed by atoms with van der Waals surface area (Å²) in [6.07, 6.45) is 44.4. The number of carboxylic acids is 1.